The van der Waals surface area contributed by atoms with Gasteiger partial charge < -0.3 is 9.47 Å². The fourth-order valence-corrected chi connectivity index (χ4v) is 3.89. The maximum absolute atomic E-state index is 11.9. The maximum atomic E-state index is 11.9. The molecule has 0 aromatic carbocycles. The minimum atomic E-state index is -0.0487. The van der Waals surface area contributed by atoms with E-state index in [-0.39, 0.29) is 23.6 Å². The molecule has 0 spiro atoms. The van der Waals surface area contributed by atoms with Crippen LogP contribution >= 0.6 is 0 Å². The third-order valence-electron chi connectivity index (χ3n) is 4.43. The number of carbonyl (C=O) groups is 1. The Morgan fingerprint density at radius 2 is 2.18 bits per heavy atom. The second-order valence-corrected chi connectivity index (χ2v) is 6.59. The number of hydrogen-bond acceptors (Lipinski definition) is 3. The molecule has 96 valence electrons. The molecule has 0 aromatic heterocycles. The predicted octanol–water partition coefficient (Wildman–Crippen LogP) is 2.53. The molecule has 2 heterocycles. The van der Waals surface area contributed by atoms with Crippen molar-refractivity contribution >= 4 is 5.97 Å². The number of rotatable bonds is 3. The van der Waals surface area contributed by atoms with Crippen LogP contribution in [0.3, 0.4) is 0 Å². The molecule has 3 nitrogen and oxygen atoms in total. The Morgan fingerprint density at radius 1 is 1.35 bits per heavy atom. The molecule has 2 aliphatic heterocycles. The molecule has 2 aliphatic carbocycles. The highest BCUT2D eigenvalue weighted by molar-refractivity contribution is 5.73. The van der Waals surface area contributed by atoms with Crippen molar-refractivity contribution in [3.05, 3.63) is 0 Å². The zero-order valence-corrected chi connectivity index (χ0v) is 10.8. The highest BCUT2D eigenvalue weighted by Gasteiger charge is 2.53. The van der Waals surface area contributed by atoms with E-state index < -0.39 is 0 Å². The predicted molar refractivity (Wildman–Crippen MR) is 63.5 cm³/mol. The highest BCUT2D eigenvalue weighted by atomic mass is 16.6. The molecule has 4 aliphatic rings. The van der Waals surface area contributed by atoms with E-state index in [1.807, 2.05) is 0 Å². The second-order valence-electron chi connectivity index (χ2n) is 6.59. The van der Waals surface area contributed by atoms with Crippen LogP contribution < -0.4 is 0 Å². The highest BCUT2D eigenvalue weighted by Crippen LogP contribution is 2.51. The molecule has 0 amide bonds. The summed E-state index contributed by atoms with van der Waals surface area (Å²) in [5.41, 5.74) is -0.0487. The smallest absolute Gasteiger partial charge is 0.309 e. The van der Waals surface area contributed by atoms with Gasteiger partial charge in [-0.2, -0.15) is 0 Å². The monoisotopic (exact) mass is 238 g/mol. The first kappa shape index (κ1) is 11.5. The van der Waals surface area contributed by atoms with Crippen molar-refractivity contribution in [2.45, 2.75) is 57.7 Å². The third kappa shape index (κ3) is 2.10. The molecular formula is C14H22O3. The van der Waals surface area contributed by atoms with Gasteiger partial charge in [0.25, 0.3) is 0 Å². The lowest BCUT2D eigenvalue weighted by Crippen LogP contribution is -2.47. The standard InChI is InChI=1S/C14H22O3/c1-9(2)8-16-14-5-10-3-11(6-14)13(15)17-12(4-10)7-14/h9-12H,3-8H2,1-2H3. The van der Waals surface area contributed by atoms with E-state index >= 15 is 0 Å². The van der Waals surface area contributed by atoms with E-state index in [2.05, 4.69) is 13.8 Å². The number of ether oxygens (including phenoxy) is 2. The summed E-state index contributed by atoms with van der Waals surface area (Å²) in [6.45, 7) is 5.16. The zero-order valence-electron chi connectivity index (χ0n) is 10.8. The minimum Gasteiger partial charge on any atom is -0.462 e. The number of carbonyl (C=O) groups excluding carboxylic acids is 1. The average Bonchev–Trinajstić information content (AvgIpc) is 2.40. The van der Waals surface area contributed by atoms with Crippen molar-refractivity contribution in [3.63, 3.8) is 0 Å². The normalized spacial score (nSPS) is 43.9. The molecule has 4 rings (SSSR count). The van der Waals surface area contributed by atoms with Crippen LogP contribution in [-0.4, -0.2) is 24.3 Å². The maximum Gasteiger partial charge on any atom is 0.309 e. The lowest BCUT2D eigenvalue weighted by atomic mass is 9.65. The summed E-state index contributed by atoms with van der Waals surface area (Å²) in [4.78, 5) is 11.9. The second kappa shape index (κ2) is 3.98. The van der Waals surface area contributed by atoms with Gasteiger partial charge in [0.2, 0.25) is 0 Å². The first-order valence-corrected chi connectivity index (χ1v) is 6.91. The molecule has 17 heavy (non-hydrogen) atoms. The van der Waals surface area contributed by atoms with Gasteiger partial charge in [-0.05, 0) is 37.5 Å². The first-order valence-electron chi connectivity index (χ1n) is 6.91. The fraction of sp³-hybridized carbons (Fsp3) is 0.929. The van der Waals surface area contributed by atoms with Gasteiger partial charge in [0, 0.05) is 13.0 Å². The molecule has 0 radical (unpaired) electrons. The molecule has 3 heteroatoms. The molecule has 4 bridgehead atoms. The van der Waals surface area contributed by atoms with Gasteiger partial charge in [0.1, 0.15) is 6.10 Å². The van der Waals surface area contributed by atoms with Crippen molar-refractivity contribution in [1.82, 2.24) is 0 Å². The SMILES string of the molecule is CC(C)COC12CC3CC(C1)OC(=O)C(C3)C2. The Kier molecular flexibility index (Phi) is 2.69. The van der Waals surface area contributed by atoms with Crippen LogP contribution in [-0.2, 0) is 14.3 Å². The van der Waals surface area contributed by atoms with Crippen LogP contribution in [0.5, 0.6) is 0 Å². The number of hydrogen-bond donors (Lipinski definition) is 0. The van der Waals surface area contributed by atoms with Crippen LogP contribution in [0.4, 0.5) is 0 Å². The summed E-state index contributed by atoms with van der Waals surface area (Å²) >= 11 is 0. The van der Waals surface area contributed by atoms with E-state index in [1.54, 1.807) is 0 Å². The molecule has 0 aromatic rings. The van der Waals surface area contributed by atoms with Crippen molar-refractivity contribution < 1.29 is 14.3 Å². The van der Waals surface area contributed by atoms with E-state index in [0.29, 0.717) is 11.8 Å². The molecule has 4 atom stereocenters. The Balaban J connectivity index is 1.79. The van der Waals surface area contributed by atoms with Gasteiger partial charge >= 0.3 is 5.97 Å². The summed E-state index contributed by atoms with van der Waals surface area (Å²) in [7, 11) is 0. The minimum absolute atomic E-state index is 0.0345. The fourth-order valence-electron chi connectivity index (χ4n) is 3.89. The van der Waals surface area contributed by atoms with Crippen molar-refractivity contribution in [3.8, 4) is 0 Å². The Hall–Kier alpha value is -0.570. The summed E-state index contributed by atoms with van der Waals surface area (Å²) in [6.07, 6.45) is 5.19. The van der Waals surface area contributed by atoms with Crippen LogP contribution in [0.15, 0.2) is 0 Å². The summed E-state index contributed by atoms with van der Waals surface area (Å²) in [5, 5.41) is 0. The van der Waals surface area contributed by atoms with Gasteiger partial charge in [-0.1, -0.05) is 13.8 Å². The molecule has 4 fully saturated rings. The van der Waals surface area contributed by atoms with Gasteiger partial charge in [-0.25, -0.2) is 0 Å². The molecule has 4 unspecified atom stereocenters. The molecule has 0 N–H and O–H groups in total. The van der Waals surface area contributed by atoms with Crippen LogP contribution in [0, 0.1) is 17.8 Å². The van der Waals surface area contributed by atoms with Gasteiger partial charge in [-0.15, -0.1) is 0 Å². The van der Waals surface area contributed by atoms with Gasteiger partial charge in [-0.3, -0.25) is 4.79 Å². The Labute approximate surface area is 103 Å². The first-order chi connectivity index (χ1) is 8.06. The van der Waals surface area contributed by atoms with Crippen molar-refractivity contribution in [2.24, 2.45) is 17.8 Å². The van der Waals surface area contributed by atoms with E-state index in [0.717, 1.165) is 38.7 Å². The summed E-state index contributed by atoms with van der Waals surface area (Å²) in [6, 6.07) is 0. The van der Waals surface area contributed by atoms with E-state index in [4.69, 9.17) is 9.47 Å². The molecule has 2 saturated carbocycles. The lowest BCUT2D eigenvalue weighted by molar-refractivity contribution is -0.151. The zero-order chi connectivity index (χ0) is 12.0. The summed E-state index contributed by atoms with van der Waals surface area (Å²) in [5.74, 6) is 1.34. The lowest BCUT2D eigenvalue weighted by Gasteiger charge is -2.46. The van der Waals surface area contributed by atoms with Crippen molar-refractivity contribution in [2.75, 3.05) is 6.61 Å². The van der Waals surface area contributed by atoms with E-state index in [1.165, 1.54) is 0 Å². The topological polar surface area (TPSA) is 35.5 Å². The molecule has 2 saturated heterocycles. The third-order valence-corrected chi connectivity index (χ3v) is 4.43. The van der Waals surface area contributed by atoms with Crippen LogP contribution in [0.2, 0.25) is 0 Å². The number of fused-ring (bicyclic) bond motifs is 1. The van der Waals surface area contributed by atoms with E-state index in [9.17, 15) is 4.79 Å². The number of esters is 1. The summed E-state index contributed by atoms with van der Waals surface area (Å²) < 4.78 is 11.7. The average molecular weight is 238 g/mol. The Morgan fingerprint density at radius 3 is 2.94 bits per heavy atom. The Bertz CT molecular complexity index is 325. The van der Waals surface area contributed by atoms with Crippen molar-refractivity contribution in [1.29, 1.82) is 0 Å². The van der Waals surface area contributed by atoms with Crippen LogP contribution in [0.1, 0.15) is 46.0 Å². The van der Waals surface area contributed by atoms with Crippen LogP contribution in [0.25, 0.3) is 0 Å². The van der Waals surface area contributed by atoms with Gasteiger partial charge in [0.05, 0.1) is 11.5 Å². The van der Waals surface area contributed by atoms with Gasteiger partial charge in [0.15, 0.2) is 0 Å². The quantitative estimate of drug-likeness (QED) is 0.709. The molecular weight excluding hydrogens is 216 g/mol. The largest absolute Gasteiger partial charge is 0.462 e.